The van der Waals surface area contributed by atoms with Gasteiger partial charge in [0.2, 0.25) is 0 Å². The van der Waals surface area contributed by atoms with Crippen molar-refractivity contribution in [3.05, 3.63) is 58.9 Å². The average molecular weight is 305 g/mol. The van der Waals surface area contributed by atoms with Gasteiger partial charge in [0.15, 0.2) is 0 Å². The van der Waals surface area contributed by atoms with Gasteiger partial charge in [-0.1, -0.05) is 17.7 Å². The maximum absolute atomic E-state index is 12.2. The van der Waals surface area contributed by atoms with Crippen LogP contribution in [0.1, 0.15) is 16.1 Å². The molecular formula is C16H17ClN2O2. The lowest BCUT2D eigenvalue weighted by molar-refractivity contribution is 0.0773. The lowest BCUT2D eigenvalue weighted by Gasteiger charge is -2.17. The number of carbonyl (C=O) groups excluding carboxylic acids is 1. The Morgan fingerprint density at radius 2 is 2.14 bits per heavy atom. The molecule has 2 aromatic rings. The molecule has 4 nitrogen and oxygen atoms in total. The van der Waals surface area contributed by atoms with Crippen LogP contribution in [0, 0.1) is 6.92 Å². The van der Waals surface area contributed by atoms with Gasteiger partial charge in [0, 0.05) is 24.0 Å². The fraction of sp³-hybridized carbons (Fsp3) is 0.250. The minimum absolute atomic E-state index is 0.0720. The molecule has 1 aromatic carbocycles. The highest BCUT2D eigenvalue weighted by molar-refractivity contribution is 6.30. The fourth-order valence-electron chi connectivity index (χ4n) is 1.77. The minimum atomic E-state index is -0.0720. The largest absolute Gasteiger partial charge is 0.492 e. The normalized spacial score (nSPS) is 10.2. The van der Waals surface area contributed by atoms with Gasteiger partial charge in [-0.25, -0.2) is 0 Å². The van der Waals surface area contributed by atoms with Crippen molar-refractivity contribution in [2.75, 3.05) is 20.2 Å². The number of carbonyl (C=O) groups is 1. The molecule has 0 fully saturated rings. The van der Waals surface area contributed by atoms with Crippen LogP contribution in [-0.4, -0.2) is 36.0 Å². The van der Waals surface area contributed by atoms with Gasteiger partial charge < -0.3 is 9.64 Å². The smallest absolute Gasteiger partial charge is 0.255 e. The van der Waals surface area contributed by atoms with Crippen molar-refractivity contribution in [1.82, 2.24) is 9.88 Å². The Morgan fingerprint density at radius 3 is 2.81 bits per heavy atom. The zero-order valence-electron chi connectivity index (χ0n) is 12.0. The predicted molar refractivity (Wildman–Crippen MR) is 82.9 cm³/mol. The highest BCUT2D eigenvalue weighted by atomic mass is 35.5. The van der Waals surface area contributed by atoms with E-state index in [0.717, 1.165) is 5.69 Å². The van der Waals surface area contributed by atoms with Crippen molar-refractivity contribution >= 4 is 17.5 Å². The van der Waals surface area contributed by atoms with Crippen molar-refractivity contribution < 1.29 is 9.53 Å². The van der Waals surface area contributed by atoms with Crippen molar-refractivity contribution in [2.45, 2.75) is 6.92 Å². The van der Waals surface area contributed by atoms with E-state index in [0.29, 0.717) is 29.5 Å². The van der Waals surface area contributed by atoms with E-state index < -0.39 is 0 Å². The number of hydrogen-bond acceptors (Lipinski definition) is 3. The lowest BCUT2D eigenvalue weighted by Crippen LogP contribution is -2.30. The quantitative estimate of drug-likeness (QED) is 0.852. The average Bonchev–Trinajstić information content (AvgIpc) is 2.47. The van der Waals surface area contributed by atoms with E-state index in [1.54, 1.807) is 36.3 Å². The number of pyridine rings is 1. The fourth-order valence-corrected chi connectivity index (χ4v) is 1.95. The van der Waals surface area contributed by atoms with E-state index in [-0.39, 0.29) is 5.91 Å². The Labute approximate surface area is 129 Å². The van der Waals surface area contributed by atoms with Gasteiger partial charge in [-0.15, -0.1) is 0 Å². The Morgan fingerprint density at radius 1 is 1.33 bits per heavy atom. The predicted octanol–water partition coefficient (Wildman–Crippen LogP) is 3.19. The maximum Gasteiger partial charge on any atom is 0.255 e. The first-order valence-electron chi connectivity index (χ1n) is 6.63. The van der Waals surface area contributed by atoms with Crippen LogP contribution < -0.4 is 4.74 Å². The van der Waals surface area contributed by atoms with Gasteiger partial charge in [0.05, 0.1) is 12.1 Å². The third kappa shape index (κ3) is 4.46. The summed E-state index contributed by atoms with van der Waals surface area (Å²) in [5.41, 5.74) is 1.46. The molecule has 0 bridgehead atoms. The third-order valence-corrected chi connectivity index (χ3v) is 3.23. The van der Waals surface area contributed by atoms with Crippen LogP contribution in [0.25, 0.3) is 0 Å². The van der Waals surface area contributed by atoms with Gasteiger partial charge in [-0.2, -0.15) is 0 Å². The topological polar surface area (TPSA) is 42.4 Å². The molecule has 0 N–H and O–H groups in total. The zero-order chi connectivity index (χ0) is 15.2. The molecule has 0 saturated carbocycles. The summed E-state index contributed by atoms with van der Waals surface area (Å²) in [5, 5.41) is 0.627. The van der Waals surface area contributed by atoms with E-state index >= 15 is 0 Å². The molecule has 0 atom stereocenters. The Bertz CT molecular complexity index is 614. The van der Waals surface area contributed by atoms with Gasteiger partial charge in [-0.3, -0.25) is 9.78 Å². The van der Waals surface area contributed by atoms with Crippen LogP contribution in [-0.2, 0) is 0 Å². The molecule has 0 aliphatic rings. The SMILES string of the molecule is Cc1ccc(C(=O)N(C)CCOc2cccc(Cl)c2)cn1. The number of amides is 1. The second-order valence-electron chi connectivity index (χ2n) is 4.72. The number of nitrogens with zero attached hydrogens (tertiary/aromatic N) is 2. The number of aromatic nitrogens is 1. The molecule has 5 heteroatoms. The van der Waals surface area contributed by atoms with Crippen molar-refractivity contribution in [3.63, 3.8) is 0 Å². The molecule has 0 aliphatic heterocycles. The molecular weight excluding hydrogens is 288 g/mol. The summed E-state index contributed by atoms with van der Waals surface area (Å²) >= 11 is 5.88. The van der Waals surface area contributed by atoms with Crippen LogP contribution in [0.4, 0.5) is 0 Å². The molecule has 0 radical (unpaired) electrons. The van der Waals surface area contributed by atoms with Crippen molar-refractivity contribution in [1.29, 1.82) is 0 Å². The molecule has 0 aliphatic carbocycles. The van der Waals surface area contributed by atoms with Gasteiger partial charge >= 0.3 is 0 Å². The highest BCUT2D eigenvalue weighted by Crippen LogP contribution is 2.16. The van der Waals surface area contributed by atoms with E-state index in [2.05, 4.69) is 4.98 Å². The number of aryl methyl sites for hydroxylation is 1. The summed E-state index contributed by atoms with van der Waals surface area (Å²) in [7, 11) is 1.74. The summed E-state index contributed by atoms with van der Waals surface area (Å²) in [6, 6.07) is 10.8. The number of rotatable bonds is 5. The summed E-state index contributed by atoms with van der Waals surface area (Å²) < 4.78 is 5.57. The number of halogens is 1. The van der Waals surface area contributed by atoms with Crippen LogP contribution in [0.2, 0.25) is 5.02 Å². The molecule has 0 saturated heterocycles. The monoisotopic (exact) mass is 304 g/mol. The zero-order valence-corrected chi connectivity index (χ0v) is 12.8. The van der Waals surface area contributed by atoms with Crippen LogP contribution in [0.15, 0.2) is 42.6 Å². The second kappa shape index (κ2) is 7.09. The van der Waals surface area contributed by atoms with Crippen LogP contribution in [0.3, 0.4) is 0 Å². The molecule has 1 heterocycles. The first kappa shape index (κ1) is 15.3. The highest BCUT2D eigenvalue weighted by Gasteiger charge is 2.11. The van der Waals surface area contributed by atoms with E-state index in [4.69, 9.17) is 16.3 Å². The number of likely N-dealkylation sites (N-methyl/N-ethyl adjacent to an activating group) is 1. The number of hydrogen-bond donors (Lipinski definition) is 0. The van der Waals surface area contributed by atoms with Crippen LogP contribution in [0.5, 0.6) is 5.75 Å². The summed E-state index contributed by atoms with van der Waals surface area (Å²) in [6.45, 7) is 2.78. The third-order valence-electron chi connectivity index (χ3n) is 3.00. The molecule has 21 heavy (non-hydrogen) atoms. The van der Waals surface area contributed by atoms with Gasteiger partial charge in [0.25, 0.3) is 5.91 Å². The molecule has 1 amide bonds. The van der Waals surface area contributed by atoms with Crippen LogP contribution >= 0.6 is 11.6 Å². The second-order valence-corrected chi connectivity index (χ2v) is 5.16. The maximum atomic E-state index is 12.2. The Balaban J connectivity index is 1.85. The number of ether oxygens (including phenoxy) is 1. The molecule has 110 valence electrons. The van der Waals surface area contributed by atoms with E-state index in [1.807, 2.05) is 25.1 Å². The molecule has 0 spiro atoms. The molecule has 1 aromatic heterocycles. The summed E-state index contributed by atoms with van der Waals surface area (Å²) in [5.74, 6) is 0.623. The van der Waals surface area contributed by atoms with Gasteiger partial charge in [0.1, 0.15) is 12.4 Å². The Hall–Kier alpha value is -2.07. The lowest BCUT2D eigenvalue weighted by atomic mass is 10.2. The van der Waals surface area contributed by atoms with Gasteiger partial charge in [-0.05, 0) is 37.3 Å². The Kier molecular flexibility index (Phi) is 5.17. The standard InChI is InChI=1S/C16H17ClN2O2/c1-12-6-7-13(11-18-12)16(20)19(2)8-9-21-15-5-3-4-14(17)10-15/h3-7,10-11H,8-9H2,1-2H3. The minimum Gasteiger partial charge on any atom is -0.492 e. The van der Waals surface area contributed by atoms with Crippen molar-refractivity contribution in [3.8, 4) is 5.75 Å². The first-order chi connectivity index (χ1) is 10.1. The molecule has 2 rings (SSSR count). The number of benzene rings is 1. The summed E-state index contributed by atoms with van der Waals surface area (Å²) in [6.07, 6.45) is 1.59. The van der Waals surface area contributed by atoms with E-state index in [9.17, 15) is 4.79 Å². The first-order valence-corrected chi connectivity index (χ1v) is 7.00. The van der Waals surface area contributed by atoms with Crippen molar-refractivity contribution in [2.24, 2.45) is 0 Å². The summed E-state index contributed by atoms with van der Waals surface area (Å²) in [4.78, 5) is 17.9. The van der Waals surface area contributed by atoms with E-state index in [1.165, 1.54) is 0 Å². The molecule has 0 unspecified atom stereocenters.